The third kappa shape index (κ3) is 2.56. The normalized spacial score (nSPS) is 11.9. The lowest BCUT2D eigenvalue weighted by Crippen LogP contribution is -1.92. The number of hydrogen-bond donors (Lipinski definition) is 0. The van der Waals surface area contributed by atoms with Crippen LogP contribution in [0.3, 0.4) is 0 Å². The largest absolute Gasteiger partial charge is 0.299 e. The summed E-state index contributed by atoms with van der Waals surface area (Å²) in [6.07, 6.45) is 0. The van der Waals surface area contributed by atoms with Crippen molar-refractivity contribution in [3.63, 3.8) is 0 Å². The molecule has 3 heteroatoms. The predicted octanol–water partition coefficient (Wildman–Crippen LogP) is 9.19. The first-order valence-corrected chi connectivity index (χ1v) is 12.4. The number of thiophene rings is 2. The van der Waals surface area contributed by atoms with Gasteiger partial charge in [-0.15, -0.1) is 22.7 Å². The molecule has 4 aromatic carbocycles. The molecular weight excluding hydrogens is 426 g/mol. The Kier molecular flexibility index (Phi) is 3.87. The predicted molar refractivity (Wildman–Crippen MR) is 142 cm³/mol. The van der Waals surface area contributed by atoms with Crippen molar-refractivity contribution in [2.45, 2.75) is 6.92 Å². The van der Waals surface area contributed by atoms with Crippen molar-refractivity contribution in [3.05, 3.63) is 103 Å². The quantitative estimate of drug-likeness (QED) is 0.250. The van der Waals surface area contributed by atoms with Gasteiger partial charge in [0, 0.05) is 31.2 Å². The van der Waals surface area contributed by atoms with Crippen molar-refractivity contribution in [3.8, 4) is 16.8 Å². The maximum absolute atomic E-state index is 2.48. The molecule has 0 N–H and O–H groups in total. The van der Waals surface area contributed by atoms with E-state index in [2.05, 4.69) is 109 Å². The van der Waals surface area contributed by atoms with E-state index in [1.165, 1.54) is 63.0 Å². The first-order valence-electron chi connectivity index (χ1n) is 10.8. The van der Waals surface area contributed by atoms with Gasteiger partial charge in [-0.25, -0.2) is 0 Å². The van der Waals surface area contributed by atoms with E-state index < -0.39 is 0 Å². The number of rotatable bonds is 2. The van der Waals surface area contributed by atoms with Crippen molar-refractivity contribution < 1.29 is 0 Å². The van der Waals surface area contributed by atoms with Gasteiger partial charge in [0.1, 0.15) is 4.83 Å². The Hall–Kier alpha value is -3.40. The molecule has 0 unspecified atom stereocenters. The highest BCUT2D eigenvalue weighted by Crippen LogP contribution is 2.47. The molecule has 1 nitrogen and oxygen atoms in total. The highest BCUT2D eigenvalue weighted by molar-refractivity contribution is 7.30. The summed E-state index contributed by atoms with van der Waals surface area (Å²) in [5.41, 5.74) is 6.35. The maximum Gasteiger partial charge on any atom is 0.110 e. The summed E-state index contributed by atoms with van der Waals surface area (Å²) in [5, 5.41) is 4.09. The van der Waals surface area contributed by atoms with Crippen LogP contribution < -0.4 is 0 Å². The summed E-state index contributed by atoms with van der Waals surface area (Å²) in [6.45, 7) is 2.13. The minimum absolute atomic E-state index is 1.22. The van der Waals surface area contributed by atoms with Gasteiger partial charge in [0.05, 0.1) is 10.2 Å². The molecule has 0 fully saturated rings. The number of hydrogen-bond acceptors (Lipinski definition) is 2. The lowest BCUT2D eigenvalue weighted by molar-refractivity contribution is 1.20. The third-order valence-corrected chi connectivity index (χ3v) is 8.64. The number of fused-ring (bicyclic) bond motifs is 7. The fraction of sp³-hybridized carbons (Fsp3) is 0.0345. The molecule has 7 rings (SSSR count). The summed E-state index contributed by atoms with van der Waals surface area (Å²) in [7, 11) is 0. The SMILES string of the molecule is Cc1ccc(-c2ccc(-n3c4sc5ccccc5c4c4sc5ccccc5c43)cc2)cc1. The molecule has 0 aliphatic carbocycles. The smallest absolute Gasteiger partial charge is 0.110 e. The van der Waals surface area contributed by atoms with Crippen molar-refractivity contribution in [2.75, 3.05) is 0 Å². The summed E-state index contributed by atoms with van der Waals surface area (Å²) in [6, 6.07) is 35.4. The fourth-order valence-corrected chi connectivity index (χ4v) is 7.28. The zero-order valence-corrected chi connectivity index (χ0v) is 19.1. The Balaban J connectivity index is 1.54. The van der Waals surface area contributed by atoms with Crippen molar-refractivity contribution in [2.24, 2.45) is 0 Å². The molecule has 0 spiro atoms. The molecule has 0 atom stereocenters. The monoisotopic (exact) mass is 445 g/mol. The van der Waals surface area contributed by atoms with Crippen LogP contribution in [-0.4, -0.2) is 4.57 Å². The summed E-state index contributed by atoms with van der Waals surface area (Å²) < 4.78 is 6.57. The number of nitrogens with zero attached hydrogens (tertiary/aromatic N) is 1. The topological polar surface area (TPSA) is 4.93 Å². The van der Waals surface area contributed by atoms with E-state index in [0.717, 1.165) is 0 Å². The Bertz CT molecular complexity index is 1760. The molecule has 32 heavy (non-hydrogen) atoms. The van der Waals surface area contributed by atoms with Gasteiger partial charge in [-0.2, -0.15) is 0 Å². The number of benzene rings is 4. The van der Waals surface area contributed by atoms with Gasteiger partial charge < -0.3 is 0 Å². The molecule has 152 valence electrons. The van der Waals surface area contributed by atoms with Gasteiger partial charge in [0.2, 0.25) is 0 Å². The van der Waals surface area contributed by atoms with Gasteiger partial charge in [0.25, 0.3) is 0 Å². The molecule has 0 amide bonds. The first kappa shape index (κ1) is 18.2. The minimum Gasteiger partial charge on any atom is -0.299 e. The van der Waals surface area contributed by atoms with E-state index in [1.807, 2.05) is 22.7 Å². The Morgan fingerprint density at radius 3 is 1.91 bits per heavy atom. The lowest BCUT2D eigenvalue weighted by Gasteiger charge is -2.09. The second-order valence-corrected chi connectivity index (χ2v) is 10.4. The van der Waals surface area contributed by atoms with Crippen LogP contribution in [0.2, 0.25) is 0 Å². The second-order valence-electron chi connectivity index (χ2n) is 8.30. The molecule has 0 saturated carbocycles. The van der Waals surface area contributed by atoms with E-state index in [0.29, 0.717) is 0 Å². The molecule has 0 aliphatic heterocycles. The van der Waals surface area contributed by atoms with Crippen molar-refractivity contribution in [1.82, 2.24) is 4.57 Å². The molecule has 0 saturated heterocycles. The number of aryl methyl sites for hydroxylation is 1. The van der Waals surface area contributed by atoms with Crippen LogP contribution in [0.25, 0.3) is 57.4 Å². The zero-order valence-electron chi connectivity index (χ0n) is 17.5. The average Bonchev–Trinajstić information content (AvgIpc) is 3.47. The zero-order chi connectivity index (χ0) is 21.2. The van der Waals surface area contributed by atoms with Crippen LogP contribution in [0.15, 0.2) is 97.1 Å². The minimum atomic E-state index is 1.22. The molecule has 7 aromatic rings. The molecule has 3 heterocycles. The molecular formula is C29H19NS2. The van der Waals surface area contributed by atoms with Gasteiger partial charge in [-0.05, 0) is 42.3 Å². The van der Waals surface area contributed by atoms with Crippen LogP contribution >= 0.6 is 22.7 Å². The highest BCUT2D eigenvalue weighted by atomic mass is 32.1. The fourth-order valence-electron chi connectivity index (χ4n) is 4.73. The summed E-state index contributed by atoms with van der Waals surface area (Å²) in [4.78, 5) is 1.33. The maximum atomic E-state index is 2.48. The van der Waals surface area contributed by atoms with E-state index in [-0.39, 0.29) is 0 Å². The van der Waals surface area contributed by atoms with Gasteiger partial charge in [-0.3, -0.25) is 4.57 Å². The second kappa shape index (κ2) is 6.80. The third-order valence-electron chi connectivity index (χ3n) is 6.31. The summed E-state index contributed by atoms with van der Waals surface area (Å²) in [5.74, 6) is 0. The highest BCUT2D eigenvalue weighted by Gasteiger charge is 2.21. The van der Waals surface area contributed by atoms with E-state index in [1.54, 1.807) is 0 Å². The van der Waals surface area contributed by atoms with Gasteiger partial charge >= 0.3 is 0 Å². The van der Waals surface area contributed by atoms with Crippen LogP contribution in [0.5, 0.6) is 0 Å². The van der Waals surface area contributed by atoms with E-state index in [9.17, 15) is 0 Å². The molecule has 3 aromatic heterocycles. The van der Waals surface area contributed by atoms with E-state index >= 15 is 0 Å². The Morgan fingerprint density at radius 1 is 0.594 bits per heavy atom. The van der Waals surface area contributed by atoms with Crippen LogP contribution in [-0.2, 0) is 0 Å². The Labute approximate surface area is 193 Å². The first-order chi connectivity index (χ1) is 15.8. The van der Waals surface area contributed by atoms with Crippen LogP contribution in [0.1, 0.15) is 5.56 Å². The van der Waals surface area contributed by atoms with E-state index in [4.69, 9.17) is 0 Å². The number of aromatic nitrogens is 1. The molecule has 0 bridgehead atoms. The van der Waals surface area contributed by atoms with Crippen molar-refractivity contribution in [1.29, 1.82) is 0 Å². The molecule has 0 aliphatic rings. The van der Waals surface area contributed by atoms with Crippen molar-refractivity contribution >= 4 is 63.3 Å². The van der Waals surface area contributed by atoms with Crippen LogP contribution in [0, 0.1) is 6.92 Å². The van der Waals surface area contributed by atoms with Crippen LogP contribution in [0.4, 0.5) is 0 Å². The summed E-state index contributed by atoms with van der Waals surface area (Å²) >= 11 is 3.81. The van der Waals surface area contributed by atoms with Gasteiger partial charge in [0.15, 0.2) is 0 Å². The standard InChI is InChI=1S/C29H19NS2/c1-18-10-12-19(13-11-18)20-14-16-21(17-15-20)30-27-23-7-3-5-9-25(23)31-28(27)26-22-6-2-4-8-24(22)32-29(26)30/h2-17H,1H3. The Morgan fingerprint density at radius 2 is 1.19 bits per heavy atom. The average molecular weight is 446 g/mol. The lowest BCUT2D eigenvalue weighted by atomic mass is 10.0. The van der Waals surface area contributed by atoms with Gasteiger partial charge in [-0.1, -0.05) is 78.4 Å². The molecule has 0 radical (unpaired) electrons.